The minimum Gasteiger partial charge on any atom is -0.322 e. The number of halogens is 1. The van der Waals surface area contributed by atoms with Crippen molar-refractivity contribution in [2.24, 2.45) is 12.2 Å². The van der Waals surface area contributed by atoms with Gasteiger partial charge in [-0.25, -0.2) is 17.9 Å². The van der Waals surface area contributed by atoms with Gasteiger partial charge in [0.25, 0.3) is 5.91 Å². The molecule has 0 atom stereocenters. The fraction of sp³-hybridized carbons (Fsp3) is 0.0588. The summed E-state index contributed by atoms with van der Waals surface area (Å²) in [6, 6.07) is 11.1. The predicted octanol–water partition coefficient (Wildman–Crippen LogP) is 2.13. The highest BCUT2D eigenvalue weighted by atomic mass is 32.2. The Morgan fingerprint density at radius 1 is 1.19 bits per heavy atom. The number of carbonyl (C=O) groups is 1. The number of nitrogens with two attached hydrogens (primary N) is 1. The molecule has 0 radical (unpaired) electrons. The molecule has 1 heterocycles. The van der Waals surface area contributed by atoms with Gasteiger partial charge in [-0.05, 0) is 42.5 Å². The van der Waals surface area contributed by atoms with E-state index in [1.807, 2.05) is 0 Å². The van der Waals surface area contributed by atoms with Gasteiger partial charge in [-0.1, -0.05) is 6.07 Å². The van der Waals surface area contributed by atoms with Gasteiger partial charge < -0.3 is 5.32 Å². The Balaban J connectivity index is 1.90. The summed E-state index contributed by atoms with van der Waals surface area (Å²) in [5.41, 5.74) is 1.28. The Labute approximate surface area is 149 Å². The minimum absolute atomic E-state index is 0.0756. The van der Waals surface area contributed by atoms with Crippen molar-refractivity contribution in [2.75, 3.05) is 5.32 Å². The minimum atomic E-state index is -3.89. The molecule has 1 aromatic heterocycles. The molecule has 7 nitrogen and oxygen atoms in total. The van der Waals surface area contributed by atoms with E-state index >= 15 is 0 Å². The fourth-order valence-corrected chi connectivity index (χ4v) is 2.95. The van der Waals surface area contributed by atoms with E-state index in [-0.39, 0.29) is 16.1 Å². The summed E-state index contributed by atoms with van der Waals surface area (Å²) in [7, 11) is -2.16. The number of sulfonamides is 1. The lowest BCUT2D eigenvalue weighted by Gasteiger charge is -2.08. The number of aryl methyl sites for hydroxylation is 1. The highest BCUT2D eigenvalue weighted by Gasteiger charge is 2.13. The monoisotopic (exact) mass is 374 g/mol. The smallest absolute Gasteiger partial charge is 0.255 e. The Bertz CT molecular complexity index is 1090. The van der Waals surface area contributed by atoms with Crippen LogP contribution in [-0.2, 0) is 17.1 Å². The lowest BCUT2D eigenvalue weighted by atomic mass is 10.1. The zero-order valence-electron chi connectivity index (χ0n) is 13.7. The van der Waals surface area contributed by atoms with Crippen molar-refractivity contribution in [3.63, 3.8) is 0 Å². The SMILES string of the molecule is Cn1ccc(-c2cc(F)cc(C(=O)Nc3cccc(S(N)(=O)=O)c3)c2)n1. The van der Waals surface area contributed by atoms with Crippen LogP contribution in [-0.4, -0.2) is 24.1 Å². The number of nitrogens with one attached hydrogen (secondary N) is 1. The number of aromatic nitrogens is 2. The molecular weight excluding hydrogens is 359 g/mol. The van der Waals surface area contributed by atoms with Crippen molar-refractivity contribution in [1.29, 1.82) is 0 Å². The van der Waals surface area contributed by atoms with Gasteiger partial charge in [0.2, 0.25) is 10.0 Å². The molecule has 0 aliphatic carbocycles. The molecule has 3 N–H and O–H groups in total. The number of hydrogen-bond donors (Lipinski definition) is 2. The van der Waals surface area contributed by atoms with Crippen LogP contribution >= 0.6 is 0 Å². The second-order valence-electron chi connectivity index (χ2n) is 5.63. The molecule has 0 saturated carbocycles. The number of primary sulfonamides is 1. The molecule has 0 aliphatic heterocycles. The molecule has 0 aliphatic rings. The molecule has 0 fully saturated rings. The largest absolute Gasteiger partial charge is 0.322 e. The summed E-state index contributed by atoms with van der Waals surface area (Å²) in [5.74, 6) is -1.18. The molecule has 26 heavy (non-hydrogen) atoms. The Kier molecular flexibility index (Phi) is 4.58. The molecule has 3 rings (SSSR count). The van der Waals surface area contributed by atoms with Crippen LogP contribution in [0.4, 0.5) is 10.1 Å². The third-order valence-electron chi connectivity index (χ3n) is 3.59. The van der Waals surface area contributed by atoms with Crippen LogP contribution in [0.5, 0.6) is 0 Å². The van der Waals surface area contributed by atoms with E-state index in [9.17, 15) is 17.6 Å². The topological polar surface area (TPSA) is 107 Å². The van der Waals surface area contributed by atoms with E-state index in [0.29, 0.717) is 11.3 Å². The van der Waals surface area contributed by atoms with Gasteiger partial charge >= 0.3 is 0 Å². The van der Waals surface area contributed by atoms with Crippen LogP contribution in [0.25, 0.3) is 11.3 Å². The van der Waals surface area contributed by atoms with Gasteiger partial charge in [-0.15, -0.1) is 0 Å². The summed E-state index contributed by atoms with van der Waals surface area (Å²) < 4.78 is 38.3. The first-order valence-corrected chi connectivity index (χ1v) is 9.02. The van der Waals surface area contributed by atoms with E-state index in [4.69, 9.17) is 5.14 Å². The summed E-state index contributed by atoms with van der Waals surface area (Å²) >= 11 is 0. The fourth-order valence-electron chi connectivity index (χ4n) is 2.39. The Morgan fingerprint density at radius 3 is 2.62 bits per heavy atom. The maximum absolute atomic E-state index is 13.9. The molecule has 1 amide bonds. The zero-order chi connectivity index (χ0) is 18.9. The molecule has 3 aromatic rings. The van der Waals surface area contributed by atoms with E-state index in [2.05, 4.69) is 10.4 Å². The van der Waals surface area contributed by atoms with Crippen molar-refractivity contribution >= 4 is 21.6 Å². The van der Waals surface area contributed by atoms with Crippen LogP contribution in [0.2, 0.25) is 0 Å². The number of rotatable bonds is 4. The number of anilines is 1. The van der Waals surface area contributed by atoms with Gasteiger partial charge in [0.1, 0.15) is 5.82 Å². The normalized spacial score (nSPS) is 11.3. The van der Waals surface area contributed by atoms with Crippen LogP contribution in [0, 0.1) is 5.82 Å². The van der Waals surface area contributed by atoms with Gasteiger partial charge in [0.05, 0.1) is 10.6 Å². The number of amides is 1. The summed E-state index contributed by atoms with van der Waals surface area (Å²) in [6.07, 6.45) is 1.71. The number of carbonyl (C=O) groups excluding carboxylic acids is 1. The average molecular weight is 374 g/mol. The maximum atomic E-state index is 13.9. The van der Waals surface area contributed by atoms with Gasteiger partial charge in [0, 0.05) is 30.1 Å². The highest BCUT2D eigenvalue weighted by molar-refractivity contribution is 7.89. The van der Waals surface area contributed by atoms with Gasteiger partial charge in [-0.2, -0.15) is 5.10 Å². The van der Waals surface area contributed by atoms with E-state index < -0.39 is 21.7 Å². The Morgan fingerprint density at radius 2 is 1.96 bits per heavy atom. The average Bonchev–Trinajstić information content (AvgIpc) is 3.00. The first-order chi connectivity index (χ1) is 12.2. The molecule has 2 aromatic carbocycles. The molecule has 0 saturated heterocycles. The molecule has 9 heteroatoms. The third kappa shape index (κ3) is 3.95. The van der Waals surface area contributed by atoms with Crippen LogP contribution in [0.3, 0.4) is 0 Å². The highest BCUT2D eigenvalue weighted by Crippen LogP contribution is 2.21. The van der Waals surface area contributed by atoms with Crippen LogP contribution < -0.4 is 10.5 Å². The number of nitrogens with zero attached hydrogens (tertiary/aromatic N) is 2. The zero-order valence-corrected chi connectivity index (χ0v) is 14.5. The second kappa shape index (κ2) is 6.70. The predicted molar refractivity (Wildman–Crippen MR) is 94.4 cm³/mol. The summed E-state index contributed by atoms with van der Waals surface area (Å²) in [5, 5.41) is 11.8. The Hall–Kier alpha value is -3.04. The van der Waals surface area contributed by atoms with E-state index in [0.717, 1.165) is 6.07 Å². The summed E-state index contributed by atoms with van der Waals surface area (Å²) in [6.45, 7) is 0. The summed E-state index contributed by atoms with van der Waals surface area (Å²) in [4.78, 5) is 12.3. The lowest BCUT2D eigenvalue weighted by molar-refractivity contribution is 0.102. The van der Waals surface area contributed by atoms with Crippen molar-refractivity contribution in [3.8, 4) is 11.3 Å². The second-order valence-corrected chi connectivity index (χ2v) is 7.19. The molecule has 0 unspecified atom stereocenters. The van der Waals surface area contributed by atoms with Gasteiger partial charge in [0.15, 0.2) is 0 Å². The van der Waals surface area contributed by atoms with Crippen molar-refractivity contribution in [3.05, 3.63) is 66.1 Å². The molecule has 134 valence electrons. The first kappa shape index (κ1) is 17.8. The quantitative estimate of drug-likeness (QED) is 0.729. The van der Waals surface area contributed by atoms with E-state index in [1.54, 1.807) is 24.0 Å². The standard InChI is InChI=1S/C17H15FN4O3S/c1-22-6-5-16(21-22)11-7-12(9-13(18)8-11)17(23)20-14-3-2-4-15(10-14)26(19,24)25/h2-10H,1H3,(H,20,23)(H2,19,24,25). The van der Waals surface area contributed by atoms with Crippen LogP contribution in [0.15, 0.2) is 59.6 Å². The number of benzene rings is 2. The van der Waals surface area contributed by atoms with Crippen molar-refractivity contribution in [1.82, 2.24) is 9.78 Å². The molecule has 0 spiro atoms. The van der Waals surface area contributed by atoms with Crippen molar-refractivity contribution in [2.45, 2.75) is 4.90 Å². The van der Waals surface area contributed by atoms with Crippen LogP contribution in [0.1, 0.15) is 10.4 Å². The third-order valence-corrected chi connectivity index (χ3v) is 4.50. The molecular formula is C17H15FN4O3S. The first-order valence-electron chi connectivity index (χ1n) is 7.47. The van der Waals surface area contributed by atoms with E-state index in [1.165, 1.54) is 36.4 Å². The maximum Gasteiger partial charge on any atom is 0.255 e. The van der Waals surface area contributed by atoms with Gasteiger partial charge in [-0.3, -0.25) is 9.48 Å². The lowest BCUT2D eigenvalue weighted by Crippen LogP contribution is -2.15. The number of hydrogen-bond acceptors (Lipinski definition) is 4. The molecule has 0 bridgehead atoms. The van der Waals surface area contributed by atoms with Crippen molar-refractivity contribution < 1.29 is 17.6 Å².